The summed E-state index contributed by atoms with van der Waals surface area (Å²) in [5, 5.41) is 6.54. The number of guanidine groups is 1. The average molecular weight is 419 g/mol. The lowest BCUT2D eigenvalue weighted by Gasteiger charge is -2.12. The van der Waals surface area contributed by atoms with Gasteiger partial charge in [0.2, 0.25) is 0 Å². The molecular formula is C17H30IN3O. The van der Waals surface area contributed by atoms with Crippen LogP contribution < -0.4 is 10.6 Å². The number of aliphatic imine (C=N–C) groups is 1. The van der Waals surface area contributed by atoms with E-state index in [9.17, 15) is 0 Å². The first-order valence-corrected chi connectivity index (χ1v) is 7.77. The predicted molar refractivity (Wildman–Crippen MR) is 105 cm³/mol. The summed E-state index contributed by atoms with van der Waals surface area (Å²) >= 11 is 0. The van der Waals surface area contributed by atoms with Crippen molar-refractivity contribution < 1.29 is 4.74 Å². The summed E-state index contributed by atoms with van der Waals surface area (Å²) in [6, 6.07) is 8.47. The third-order valence-electron chi connectivity index (χ3n) is 2.87. The molecule has 0 aliphatic rings. The van der Waals surface area contributed by atoms with Crippen molar-refractivity contribution in [1.82, 2.24) is 10.6 Å². The van der Waals surface area contributed by atoms with Gasteiger partial charge in [-0.2, -0.15) is 0 Å². The van der Waals surface area contributed by atoms with Gasteiger partial charge in [-0.05, 0) is 25.3 Å². The number of halogens is 1. The normalized spacial score (nSPS) is 11.2. The van der Waals surface area contributed by atoms with Crippen LogP contribution in [-0.4, -0.2) is 32.3 Å². The highest BCUT2D eigenvalue weighted by molar-refractivity contribution is 14.0. The second kappa shape index (κ2) is 12.7. The summed E-state index contributed by atoms with van der Waals surface area (Å²) in [6.07, 6.45) is 0. The van der Waals surface area contributed by atoms with Crippen molar-refractivity contribution in [2.24, 2.45) is 10.9 Å². The molecule has 0 aromatic heterocycles. The molecule has 0 spiro atoms. The quantitative estimate of drug-likeness (QED) is 0.294. The van der Waals surface area contributed by atoms with Crippen LogP contribution in [-0.2, 0) is 11.3 Å². The molecule has 0 heterocycles. The van der Waals surface area contributed by atoms with E-state index < -0.39 is 0 Å². The number of rotatable bonds is 8. The van der Waals surface area contributed by atoms with E-state index in [0.717, 1.165) is 25.7 Å². The molecule has 0 amide bonds. The molecule has 2 N–H and O–H groups in total. The number of benzene rings is 1. The lowest BCUT2D eigenvalue weighted by atomic mass is 10.1. The highest BCUT2D eigenvalue weighted by Crippen LogP contribution is 2.04. The predicted octanol–water partition coefficient (Wildman–Crippen LogP) is 3.34. The van der Waals surface area contributed by atoms with Gasteiger partial charge in [0.15, 0.2) is 5.96 Å². The minimum Gasteiger partial charge on any atom is -0.379 e. The van der Waals surface area contributed by atoms with Crippen LogP contribution in [0.3, 0.4) is 0 Å². The van der Waals surface area contributed by atoms with Crippen molar-refractivity contribution in [3.05, 3.63) is 35.4 Å². The van der Waals surface area contributed by atoms with Crippen molar-refractivity contribution >= 4 is 29.9 Å². The first kappa shape index (κ1) is 21.2. The SMILES string of the molecule is CCNC(=NCc1ccc(C)cc1)NCCOCC(C)C.I. The Hall–Kier alpha value is -0.820. The molecular weight excluding hydrogens is 389 g/mol. The maximum atomic E-state index is 5.55. The first-order valence-electron chi connectivity index (χ1n) is 7.77. The number of hydrogen-bond acceptors (Lipinski definition) is 2. The number of nitrogens with one attached hydrogen (secondary N) is 2. The molecule has 0 fully saturated rings. The smallest absolute Gasteiger partial charge is 0.191 e. The third-order valence-corrected chi connectivity index (χ3v) is 2.87. The lowest BCUT2D eigenvalue weighted by molar-refractivity contribution is 0.114. The molecule has 1 aromatic carbocycles. The van der Waals surface area contributed by atoms with E-state index >= 15 is 0 Å². The van der Waals surface area contributed by atoms with E-state index in [1.807, 2.05) is 0 Å². The summed E-state index contributed by atoms with van der Waals surface area (Å²) in [5.74, 6) is 1.42. The molecule has 0 saturated carbocycles. The number of hydrogen-bond donors (Lipinski definition) is 2. The van der Waals surface area contributed by atoms with E-state index in [1.54, 1.807) is 0 Å². The number of nitrogens with zero attached hydrogens (tertiary/aromatic N) is 1. The van der Waals surface area contributed by atoms with E-state index in [-0.39, 0.29) is 24.0 Å². The molecule has 0 atom stereocenters. The van der Waals surface area contributed by atoms with Crippen LogP contribution >= 0.6 is 24.0 Å². The number of ether oxygens (including phenoxy) is 1. The summed E-state index contributed by atoms with van der Waals surface area (Å²) < 4.78 is 5.55. The molecule has 5 heteroatoms. The van der Waals surface area contributed by atoms with Crippen LogP contribution in [0.25, 0.3) is 0 Å². The van der Waals surface area contributed by atoms with Gasteiger partial charge in [0.25, 0.3) is 0 Å². The summed E-state index contributed by atoms with van der Waals surface area (Å²) in [4.78, 5) is 4.58. The maximum absolute atomic E-state index is 5.55. The second-order valence-electron chi connectivity index (χ2n) is 5.58. The molecule has 126 valence electrons. The standard InChI is InChI=1S/C17H29N3O.HI/c1-5-18-17(19-10-11-21-13-14(2)3)20-12-16-8-6-15(4)7-9-16;/h6-9,14H,5,10-13H2,1-4H3,(H2,18,19,20);1H. The highest BCUT2D eigenvalue weighted by atomic mass is 127. The molecule has 22 heavy (non-hydrogen) atoms. The Morgan fingerprint density at radius 2 is 1.86 bits per heavy atom. The Labute approximate surface area is 152 Å². The Kier molecular flexibility index (Phi) is 12.2. The zero-order valence-electron chi connectivity index (χ0n) is 14.2. The Bertz CT molecular complexity index is 418. The average Bonchev–Trinajstić information content (AvgIpc) is 2.45. The molecule has 0 unspecified atom stereocenters. The largest absolute Gasteiger partial charge is 0.379 e. The van der Waals surface area contributed by atoms with Crippen LogP contribution in [0.5, 0.6) is 0 Å². The van der Waals surface area contributed by atoms with Crippen molar-refractivity contribution in [2.45, 2.75) is 34.2 Å². The van der Waals surface area contributed by atoms with E-state index in [0.29, 0.717) is 19.1 Å². The number of aryl methyl sites for hydroxylation is 1. The highest BCUT2D eigenvalue weighted by Gasteiger charge is 1.98. The van der Waals surface area contributed by atoms with Crippen molar-refractivity contribution in [2.75, 3.05) is 26.3 Å². The lowest BCUT2D eigenvalue weighted by Crippen LogP contribution is -2.39. The van der Waals surface area contributed by atoms with Gasteiger partial charge in [-0.1, -0.05) is 43.7 Å². The minimum absolute atomic E-state index is 0. The molecule has 0 aliphatic carbocycles. The Morgan fingerprint density at radius 1 is 1.18 bits per heavy atom. The molecule has 0 bridgehead atoms. The first-order chi connectivity index (χ1) is 10.1. The van der Waals surface area contributed by atoms with E-state index in [2.05, 4.69) is 67.6 Å². The Balaban J connectivity index is 0.00000441. The molecule has 0 saturated heterocycles. The van der Waals surface area contributed by atoms with Gasteiger partial charge in [-0.25, -0.2) is 4.99 Å². The van der Waals surface area contributed by atoms with Crippen LogP contribution in [0, 0.1) is 12.8 Å². The second-order valence-corrected chi connectivity index (χ2v) is 5.58. The van der Waals surface area contributed by atoms with Gasteiger partial charge in [0, 0.05) is 19.7 Å². The van der Waals surface area contributed by atoms with E-state index in [4.69, 9.17) is 4.74 Å². The molecule has 0 aliphatic heterocycles. The van der Waals surface area contributed by atoms with Gasteiger partial charge in [0.1, 0.15) is 0 Å². The van der Waals surface area contributed by atoms with Crippen LogP contribution in [0.1, 0.15) is 31.9 Å². The van der Waals surface area contributed by atoms with Crippen LogP contribution in [0.4, 0.5) is 0 Å². The topological polar surface area (TPSA) is 45.7 Å². The fraction of sp³-hybridized carbons (Fsp3) is 0.588. The summed E-state index contributed by atoms with van der Waals surface area (Å²) in [7, 11) is 0. The van der Waals surface area contributed by atoms with Crippen molar-refractivity contribution in [1.29, 1.82) is 0 Å². The van der Waals surface area contributed by atoms with Crippen LogP contribution in [0.15, 0.2) is 29.3 Å². The van der Waals surface area contributed by atoms with Crippen molar-refractivity contribution in [3.63, 3.8) is 0 Å². The Morgan fingerprint density at radius 3 is 2.45 bits per heavy atom. The fourth-order valence-corrected chi connectivity index (χ4v) is 1.77. The molecule has 0 radical (unpaired) electrons. The molecule has 1 rings (SSSR count). The van der Waals surface area contributed by atoms with E-state index in [1.165, 1.54) is 11.1 Å². The summed E-state index contributed by atoms with van der Waals surface area (Å²) in [6.45, 7) is 12.3. The maximum Gasteiger partial charge on any atom is 0.191 e. The zero-order chi connectivity index (χ0) is 15.5. The molecule has 4 nitrogen and oxygen atoms in total. The summed E-state index contributed by atoms with van der Waals surface area (Å²) in [5.41, 5.74) is 2.49. The van der Waals surface area contributed by atoms with Gasteiger partial charge < -0.3 is 15.4 Å². The van der Waals surface area contributed by atoms with Crippen molar-refractivity contribution in [3.8, 4) is 0 Å². The van der Waals surface area contributed by atoms with Gasteiger partial charge in [0.05, 0.1) is 13.2 Å². The molecule has 1 aromatic rings. The van der Waals surface area contributed by atoms with Gasteiger partial charge >= 0.3 is 0 Å². The monoisotopic (exact) mass is 419 g/mol. The van der Waals surface area contributed by atoms with Crippen LogP contribution in [0.2, 0.25) is 0 Å². The van der Waals surface area contributed by atoms with Gasteiger partial charge in [-0.15, -0.1) is 24.0 Å². The minimum atomic E-state index is 0. The fourth-order valence-electron chi connectivity index (χ4n) is 1.77. The third kappa shape index (κ3) is 10.00. The van der Waals surface area contributed by atoms with Gasteiger partial charge in [-0.3, -0.25) is 0 Å². The zero-order valence-corrected chi connectivity index (χ0v) is 16.5.